The van der Waals surface area contributed by atoms with Gasteiger partial charge < -0.3 is 20.3 Å². The molecule has 11 nitrogen and oxygen atoms in total. The summed E-state index contributed by atoms with van der Waals surface area (Å²) in [5.41, 5.74) is 5.76. The van der Waals surface area contributed by atoms with Gasteiger partial charge in [-0.25, -0.2) is 13.6 Å². The first-order chi connectivity index (χ1) is 19.2. The van der Waals surface area contributed by atoms with Gasteiger partial charge in [0.2, 0.25) is 0 Å². The van der Waals surface area contributed by atoms with Gasteiger partial charge in [-0.2, -0.15) is 15.2 Å². The van der Waals surface area contributed by atoms with Crippen molar-refractivity contribution in [1.82, 2.24) is 24.8 Å². The number of nitrogen functional groups attached to an aromatic ring is 1. The van der Waals surface area contributed by atoms with Crippen LogP contribution in [0.25, 0.3) is 21.2 Å². The maximum atomic E-state index is 15.7. The van der Waals surface area contributed by atoms with E-state index in [0.29, 0.717) is 0 Å². The third-order valence-corrected chi connectivity index (χ3v) is 8.23. The van der Waals surface area contributed by atoms with Crippen molar-refractivity contribution in [1.29, 1.82) is 10.5 Å². The predicted octanol–water partition coefficient (Wildman–Crippen LogP) is 3.60. The Hall–Kier alpha value is -4.79. The summed E-state index contributed by atoms with van der Waals surface area (Å²) in [4.78, 5) is 29.3. The molecule has 2 N–H and O–H groups in total. The molecular weight excluding hydrogens is 566 g/mol. The highest BCUT2D eigenvalue weighted by Crippen LogP contribution is 2.47. The van der Waals surface area contributed by atoms with Gasteiger partial charge in [-0.1, -0.05) is 22.9 Å². The smallest absolute Gasteiger partial charge is 0.346 e. The maximum Gasteiger partial charge on any atom is 0.346 e. The quantitative estimate of drug-likeness (QED) is 0.358. The normalized spacial score (nSPS) is 16.5. The molecule has 1 saturated heterocycles. The second-order valence-electron chi connectivity index (χ2n) is 9.03. The number of nitrogens with zero attached hydrogens (tertiary/aromatic N) is 7. The minimum absolute atomic E-state index is 0.00642. The molecule has 0 spiro atoms. The summed E-state index contributed by atoms with van der Waals surface area (Å²) in [5, 5.41) is 25.8. The lowest BCUT2D eigenvalue weighted by atomic mass is 9.96. The van der Waals surface area contributed by atoms with E-state index in [1.165, 1.54) is 22.1 Å². The number of rotatable bonds is 1. The lowest BCUT2D eigenvalue weighted by Crippen LogP contribution is -2.58. The van der Waals surface area contributed by atoms with E-state index in [0.717, 1.165) is 28.2 Å². The molecule has 4 heterocycles. The Morgan fingerprint density at radius 3 is 2.73 bits per heavy atom. The Kier molecular flexibility index (Phi) is 6.02. The molecule has 0 saturated carbocycles. The van der Waals surface area contributed by atoms with Gasteiger partial charge in [0.1, 0.15) is 35.4 Å². The van der Waals surface area contributed by atoms with Crippen molar-refractivity contribution >= 4 is 50.0 Å². The molecule has 0 radical (unpaired) electrons. The number of ether oxygens (including phenoxy) is 1. The van der Waals surface area contributed by atoms with E-state index >= 15 is 4.39 Å². The standard InChI is InChI=1S/C25H15ClF2N8O3S/c26-20-19(13-1-2-16(27)22-18(13)15(7-30)23(31)40-22)17(28)5-14-21(20)39-10-12-9-34(3-4-35(12)24(14)37)25(38)36-8-11(6-29)32-33-36/h1-2,5,8,12H,3-4,9-10,31H2. The van der Waals surface area contributed by atoms with Crippen LogP contribution in [0, 0.1) is 34.3 Å². The van der Waals surface area contributed by atoms with Gasteiger partial charge in [0.25, 0.3) is 5.91 Å². The molecule has 2 aliphatic rings. The summed E-state index contributed by atoms with van der Waals surface area (Å²) >= 11 is 7.53. The van der Waals surface area contributed by atoms with Crippen molar-refractivity contribution in [3.8, 4) is 29.0 Å². The van der Waals surface area contributed by atoms with Gasteiger partial charge in [-0.05, 0) is 17.7 Å². The Labute approximate surface area is 233 Å². The molecule has 0 aliphatic carbocycles. The number of halogens is 3. The van der Waals surface area contributed by atoms with Gasteiger partial charge in [-0.3, -0.25) is 4.79 Å². The molecule has 2 aliphatic heterocycles. The summed E-state index contributed by atoms with van der Waals surface area (Å²) < 4.78 is 37.2. The summed E-state index contributed by atoms with van der Waals surface area (Å²) in [6, 6.07) is 6.05. The number of aromatic nitrogens is 3. The lowest BCUT2D eigenvalue weighted by Gasteiger charge is -2.39. The summed E-state index contributed by atoms with van der Waals surface area (Å²) in [6.45, 7) is 0.279. The number of hydrogen-bond acceptors (Lipinski definition) is 9. The highest BCUT2D eigenvalue weighted by atomic mass is 35.5. The van der Waals surface area contributed by atoms with Gasteiger partial charge in [0.05, 0.1) is 33.1 Å². The number of benzene rings is 2. The van der Waals surface area contributed by atoms with Crippen LogP contribution in [0.1, 0.15) is 21.6 Å². The van der Waals surface area contributed by atoms with Crippen molar-refractivity contribution in [2.45, 2.75) is 6.04 Å². The van der Waals surface area contributed by atoms with Gasteiger partial charge >= 0.3 is 6.03 Å². The number of carbonyl (C=O) groups is 2. The van der Waals surface area contributed by atoms with Crippen LogP contribution in [0.4, 0.5) is 18.6 Å². The zero-order valence-corrected chi connectivity index (χ0v) is 21.8. The molecule has 0 bridgehead atoms. The number of nitrogens with two attached hydrogens (primary N) is 1. The molecule has 40 heavy (non-hydrogen) atoms. The van der Waals surface area contributed by atoms with E-state index in [1.54, 1.807) is 6.07 Å². The summed E-state index contributed by atoms with van der Waals surface area (Å²) in [6.07, 6.45) is 1.20. The minimum Gasteiger partial charge on any atom is -0.489 e. The molecule has 4 aromatic rings. The van der Waals surface area contributed by atoms with Crippen molar-refractivity contribution in [2.24, 2.45) is 0 Å². The number of piperazine rings is 1. The van der Waals surface area contributed by atoms with E-state index in [9.17, 15) is 19.2 Å². The van der Waals surface area contributed by atoms with Crippen molar-refractivity contribution in [3.05, 3.63) is 57.9 Å². The second kappa shape index (κ2) is 9.44. The Morgan fingerprint density at radius 2 is 2.00 bits per heavy atom. The fourth-order valence-corrected chi connectivity index (χ4v) is 6.28. The van der Waals surface area contributed by atoms with E-state index < -0.39 is 29.6 Å². The Balaban J connectivity index is 1.37. The summed E-state index contributed by atoms with van der Waals surface area (Å²) in [5.74, 6) is -2.09. The number of nitriles is 2. The van der Waals surface area contributed by atoms with Crippen molar-refractivity contribution in [2.75, 3.05) is 32.0 Å². The van der Waals surface area contributed by atoms with E-state index in [-0.39, 0.29) is 80.0 Å². The van der Waals surface area contributed by atoms with E-state index in [2.05, 4.69) is 10.3 Å². The monoisotopic (exact) mass is 580 g/mol. The molecule has 2 aromatic heterocycles. The fourth-order valence-electron chi connectivity index (χ4n) is 4.98. The first-order valence-corrected chi connectivity index (χ1v) is 12.9. The highest BCUT2D eigenvalue weighted by Gasteiger charge is 2.39. The van der Waals surface area contributed by atoms with Crippen LogP contribution in [0.15, 0.2) is 24.4 Å². The van der Waals surface area contributed by atoms with Gasteiger partial charge in [0, 0.05) is 30.6 Å². The average molecular weight is 581 g/mol. The zero-order chi connectivity index (χ0) is 28.3. The molecule has 6 rings (SSSR count). The third-order valence-electron chi connectivity index (χ3n) is 6.84. The Bertz CT molecular complexity index is 1840. The van der Waals surface area contributed by atoms with Crippen molar-refractivity contribution < 1.29 is 23.1 Å². The molecule has 2 amide bonds. The van der Waals surface area contributed by atoms with E-state index in [1.807, 2.05) is 6.07 Å². The molecule has 15 heteroatoms. The van der Waals surface area contributed by atoms with Crippen LogP contribution < -0.4 is 10.5 Å². The van der Waals surface area contributed by atoms with Crippen LogP contribution in [-0.2, 0) is 0 Å². The number of hydrogen-bond donors (Lipinski definition) is 1. The van der Waals surface area contributed by atoms with E-state index in [4.69, 9.17) is 27.3 Å². The third kappa shape index (κ3) is 3.80. The average Bonchev–Trinajstić information content (AvgIpc) is 3.53. The molecule has 1 fully saturated rings. The van der Waals surface area contributed by atoms with Gasteiger partial charge in [0.15, 0.2) is 11.4 Å². The SMILES string of the molecule is N#Cc1cn(C(=O)N2CCN3C(=O)c4cc(F)c(-c5ccc(F)c6sc(N)c(C#N)c56)c(Cl)c4OCC3C2)nn1. The number of carbonyl (C=O) groups excluding carboxylic acids is 2. The zero-order valence-electron chi connectivity index (χ0n) is 20.2. The maximum absolute atomic E-state index is 15.7. The Morgan fingerprint density at radius 1 is 1.20 bits per heavy atom. The van der Waals surface area contributed by atoms with Crippen molar-refractivity contribution in [3.63, 3.8) is 0 Å². The van der Waals surface area contributed by atoms with Crippen LogP contribution in [-0.4, -0.2) is 69.0 Å². The molecule has 1 unspecified atom stereocenters. The molecule has 1 atom stereocenters. The van der Waals surface area contributed by atoms with Gasteiger partial charge in [-0.15, -0.1) is 16.4 Å². The van der Waals surface area contributed by atoms with Crippen LogP contribution in [0.2, 0.25) is 5.02 Å². The number of fused-ring (bicyclic) bond motifs is 3. The first kappa shape index (κ1) is 25.5. The van der Waals surface area contributed by atoms with Crippen LogP contribution in [0.5, 0.6) is 5.75 Å². The topological polar surface area (TPSA) is 154 Å². The van der Waals surface area contributed by atoms with Crippen LogP contribution in [0.3, 0.4) is 0 Å². The number of thiophene rings is 1. The molecular formula is C25H15ClF2N8O3S. The molecule has 200 valence electrons. The second-order valence-corrected chi connectivity index (χ2v) is 10.5. The predicted molar refractivity (Wildman–Crippen MR) is 139 cm³/mol. The van der Waals surface area contributed by atoms with Crippen LogP contribution >= 0.6 is 22.9 Å². The summed E-state index contributed by atoms with van der Waals surface area (Å²) in [7, 11) is 0. The highest BCUT2D eigenvalue weighted by molar-refractivity contribution is 7.23. The number of anilines is 1. The largest absolute Gasteiger partial charge is 0.489 e. The number of amides is 2. The minimum atomic E-state index is -0.867. The first-order valence-electron chi connectivity index (χ1n) is 11.7. The lowest BCUT2D eigenvalue weighted by molar-refractivity contribution is 0.0452. The fraction of sp³-hybridized carbons (Fsp3) is 0.200. The molecule has 2 aromatic carbocycles.